The molecule has 0 unspecified atom stereocenters. The van der Waals surface area contributed by atoms with Crippen LogP contribution in [0.1, 0.15) is 12.8 Å². The number of nitrogens with one attached hydrogen (secondary N) is 1. The second-order valence-electron chi connectivity index (χ2n) is 4.38. The Morgan fingerprint density at radius 1 is 1.17 bits per heavy atom. The van der Waals surface area contributed by atoms with Crippen LogP contribution in [-0.2, 0) is 0 Å². The van der Waals surface area contributed by atoms with E-state index in [4.69, 9.17) is 0 Å². The van der Waals surface area contributed by atoms with E-state index in [9.17, 15) is 0 Å². The van der Waals surface area contributed by atoms with Crippen LogP contribution < -0.4 is 5.32 Å². The molecule has 0 saturated carbocycles. The summed E-state index contributed by atoms with van der Waals surface area (Å²) in [7, 11) is 0. The molecule has 94 valence electrons. The highest BCUT2D eigenvalue weighted by atomic mass is 79.9. The maximum absolute atomic E-state index is 4.38. The standard InChI is InChI=1S/C13H14BrN3S/c14-12-10(17-9-3-7-18-8-4-9)1-2-11-13(12)16-6-5-15-11/h1-2,5-6,9,17H,3-4,7-8H2. The number of aromatic nitrogens is 2. The van der Waals surface area contributed by atoms with Crippen molar-refractivity contribution in [1.82, 2.24) is 9.97 Å². The van der Waals surface area contributed by atoms with Crippen LogP contribution in [-0.4, -0.2) is 27.5 Å². The Kier molecular flexibility index (Phi) is 3.70. The van der Waals surface area contributed by atoms with Crippen LogP contribution in [0.3, 0.4) is 0 Å². The molecule has 0 atom stereocenters. The minimum absolute atomic E-state index is 0.580. The van der Waals surface area contributed by atoms with E-state index in [2.05, 4.69) is 37.3 Å². The van der Waals surface area contributed by atoms with Gasteiger partial charge in [0.25, 0.3) is 0 Å². The van der Waals surface area contributed by atoms with Gasteiger partial charge in [0, 0.05) is 18.4 Å². The summed E-state index contributed by atoms with van der Waals surface area (Å²) in [4.78, 5) is 8.69. The number of anilines is 1. The molecule has 0 aliphatic carbocycles. The summed E-state index contributed by atoms with van der Waals surface area (Å²) in [6.07, 6.45) is 5.92. The van der Waals surface area contributed by atoms with E-state index in [1.165, 1.54) is 24.3 Å². The number of hydrogen-bond donors (Lipinski definition) is 1. The van der Waals surface area contributed by atoms with Gasteiger partial charge in [-0.2, -0.15) is 11.8 Å². The predicted molar refractivity (Wildman–Crippen MR) is 81.2 cm³/mol. The van der Waals surface area contributed by atoms with E-state index in [1.807, 2.05) is 17.8 Å². The first-order valence-corrected chi connectivity index (χ1v) is 8.03. The summed E-state index contributed by atoms with van der Waals surface area (Å²) in [6.45, 7) is 0. The van der Waals surface area contributed by atoms with Gasteiger partial charge in [-0.3, -0.25) is 9.97 Å². The molecule has 3 nitrogen and oxygen atoms in total. The van der Waals surface area contributed by atoms with Crippen molar-refractivity contribution in [2.24, 2.45) is 0 Å². The van der Waals surface area contributed by atoms with Crippen molar-refractivity contribution in [1.29, 1.82) is 0 Å². The molecular weight excluding hydrogens is 310 g/mol. The monoisotopic (exact) mass is 323 g/mol. The smallest absolute Gasteiger partial charge is 0.105 e. The van der Waals surface area contributed by atoms with Crippen molar-refractivity contribution in [2.45, 2.75) is 18.9 Å². The Labute approximate surface area is 119 Å². The third-order valence-corrected chi connectivity index (χ3v) is 5.01. The molecule has 1 aliphatic rings. The van der Waals surface area contributed by atoms with Gasteiger partial charge in [0.15, 0.2) is 0 Å². The molecule has 1 aromatic heterocycles. The summed E-state index contributed by atoms with van der Waals surface area (Å²) in [5.41, 5.74) is 2.97. The molecule has 2 heterocycles. The predicted octanol–water partition coefficient (Wildman–Crippen LogP) is 3.70. The molecule has 0 radical (unpaired) electrons. The zero-order valence-electron chi connectivity index (χ0n) is 9.90. The van der Waals surface area contributed by atoms with Crippen LogP contribution in [0.15, 0.2) is 29.0 Å². The number of thioether (sulfide) groups is 1. The highest BCUT2D eigenvalue weighted by Gasteiger charge is 2.15. The molecule has 1 aliphatic heterocycles. The number of rotatable bonds is 2. The summed E-state index contributed by atoms with van der Waals surface area (Å²) in [5, 5.41) is 3.61. The summed E-state index contributed by atoms with van der Waals surface area (Å²) < 4.78 is 1.02. The third kappa shape index (κ3) is 2.47. The van der Waals surface area contributed by atoms with Crippen LogP contribution in [0.25, 0.3) is 11.0 Å². The van der Waals surface area contributed by atoms with Crippen LogP contribution in [0.4, 0.5) is 5.69 Å². The quantitative estimate of drug-likeness (QED) is 0.914. The van der Waals surface area contributed by atoms with Crippen molar-refractivity contribution >= 4 is 44.4 Å². The molecule has 1 saturated heterocycles. The van der Waals surface area contributed by atoms with Gasteiger partial charge in [-0.05, 0) is 52.4 Å². The Bertz CT molecular complexity index is 555. The van der Waals surface area contributed by atoms with E-state index in [-0.39, 0.29) is 0 Å². The zero-order chi connectivity index (χ0) is 12.4. The lowest BCUT2D eigenvalue weighted by atomic mass is 10.1. The number of halogens is 1. The molecular formula is C13H14BrN3S. The van der Waals surface area contributed by atoms with Gasteiger partial charge < -0.3 is 5.32 Å². The Balaban J connectivity index is 1.89. The normalized spacial score (nSPS) is 16.9. The average molecular weight is 324 g/mol. The average Bonchev–Trinajstić information content (AvgIpc) is 2.43. The lowest BCUT2D eigenvalue weighted by Crippen LogP contribution is -2.24. The van der Waals surface area contributed by atoms with Crippen molar-refractivity contribution < 1.29 is 0 Å². The molecule has 1 aromatic carbocycles. The van der Waals surface area contributed by atoms with E-state index in [0.29, 0.717) is 6.04 Å². The second-order valence-corrected chi connectivity index (χ2v) is 6.40. The fraction of sp³-hybridized carbons (Fsp3) is 0.385. The maximum atomic E-state index is 4.38. The van der Waals surface area contributed by atoms with Gasteiger partial charge in [0.1, 0.15) is 5.52 Å². The fourth-order valence-electron chi connectivity index (χ4n) is 2.18. The van der Waals surface area contributed by atoms with Gasteiger partial charge >= 0.3 is 0 Å². The van der Waals surface area contributed by atoms with Crippen LogP contribution in [0, 0.1) is 0 Å². The van der Waals surface area contributed by atoms with Crippen molar-refractivity contribution in [3.8, 4) is 0 Å². The first-order chi connectivity index (χ1) is 8.84. The first-order valence-electron chi connectivity index (χ1n) is 6.08. The third-order valence-electron chi connectivity index (χ3n) is 3.16. The SMILES string of the molecule is Brc1c(NC2CCSCC2)ccc2nccnc12. The Morgan fingerprint density at radius 2 is 1.94 bits per heavy atom. The minimum atomic E-state index is 0.580. The van der Waals surface area contributed by atoms with E-state index in [1.54, 1.807) is 12.4 Å². The number of fused-ring (bicyclic) bond motifs is 1. The molecule has 0 amide bonds. The topological polar surface area (TPSA) is 37.8 Å². The van der Waals surface area contributed by atoms with Crippen LogP contribution >= 0.6 is 27.7 Å². The fourth-order valence-corrected chi connectivity index (χ4v) is 3.83. The lowest BCUT2D eigenvalue weighted by Gasteiger charge is -2.24. The van der Waals surface area contributed by atoms with Crippen LogP contribution in [0.2, 0.25) is 0 Å². The number of hydrogen-bond acceptors (Lipinski definition) is 4. The Morgan fingerprint density at radius 3 is 2.78 bits per heavy atom. The summed E-state index contributed by atoms with van der Waals surface area (Å²) in [5.74, 6) is 2.51. The molecule has 2 aromatic rings. The molecule has 3 rings (SSSR count). The largest absolute Gasteiger partial charge is 0.381 e. The maximum Gasteiger partial charge on any atom is 0.105 e. The Hall–Kier alpha value is -0.810. The number of nitrogens with zero attached hydrogens (tertiary/aromatic N) is 2. The van der Waals surface area contributed by atoms with E-state index >= 15 is 0 Å². The van der Waals surface area contributed by atoms with E-state index in [0.717, 1.165) is 21.2 Å². The van der Waals surface area contributed by atoms with Crippen molar-refractivity contribution in [3.63, 3.8) is 0 Å². The van der Waals surface area contributed by atoms with Crippen LogP contribution in [0.5, 0.6) is 0 Å². The first kappa shape index (κ1) is 12.2. The molecule has 18 heavy (non-hydrogen) atoms. The molecule has 0 bridgehead atoms. The summed E-state index contributed by atoms with van der Waals surface area (Å²) >= 11 is 5.68. The van der Waals surface area contributed by atoms with Gasteiger partial charge in [-0.1, -0.05) is 0 Å². The number of benzene rings is 1. The molecule has 1 fully saturated rings. The molecule has 0 spiro atoms. The van der Waals surface area contributed by atoms with Crippen molar-refractivity contribution in [3.05, 3.63) is 29.0 Å². The molecule has 5 heteroatoms. The lowest BCUT2D eigenvalue weighted by molar-refractivity contribution is 0.666. The summed E-state index contributed by atoms with van der Waals surface area (Å²) in [6, 6.07) is 4.69. The zero-order valence-corrected chi connectivity index (χ0v) is 12.3. The van der Waals surface area contributed by atoms with Gasteiger partial charge in [-0.15, -0.1) is 0 Å². The van der Waals surface area contributed by atoms with E-state index < -0.39 is 0 Å². The van der Waals surface area contributed by atoms with Gasteiger partial charge in [0.2, 0.25) is 0 Å². The molecule has 1 N–H and O–H groups in total. The van der Waals surface area contributed by atoms with Gasteiger partial charge in [0.05, 0.1) is 15.7 Å². The minimum Gasteiger partial charge on any atom is -0.381 e. The highest BCUT2D eigenvalue weighted by Crippen LogP contribution is 2.31. The highest BCUT2D eigenvalue weighted by molar-refractivity contribution is 9.10. The second kappa shape index (κ2) is 5.45. The van der Waals surface area contributed by atoms with Gasteiger partial charge in [-0.25, -0.2) is 0 Å². The van der Waals surface area contributed by atoms with Crippen molar-refractivity contribution in [2.75, 3.05) is 16.8 Å².